The van der Waals surface area contributed by atoms with Crippen LogP contribution in [-0.2, 0) is 16.4 Å². The second-order valence-electron chi connectivity index (χ2n) is 14.3. The minimum atomic E-state index is -4.86. The summed E-state index contributed by atoms with van der Waals surface area (Å²) in [5, 5.41) is 25.0. The van der Waals surface area contributed by atoms with Crippen LogP contribution in [0.1, 0.15) is 108 Å². The predicted octanol–water partition coefficient (Wildman–Crippen LogP) is 7.99. The molecule has 0 radical (unpaired) electrons. The lowest BCUT2D eigenvalue weighted by Gasteiger charge is -2.52. The van der Waals surface area contributed by atoms with Crippen LogP contribution in [0.2, 0.25) is 0 Å². The third-order valence-electron chi connectivity index (χ3n) is 10.4. The highest BCUT2D eigenvalue weighted by molar-refractivity contribution is 5.89. The number of carbonyl (C=O) groups is 1. The molecule has 1 aromatic carbocycles. The number of fused-ring (bicyclic) bond motifs is 3. The monoisotopic (exact) mass is 630 g/mol. The van der Waals surface area contributed by atoms with E-state index in [-0.39, 0.29) is 23.1 Å². The number of nitrogens with zero attached hydrogens (tertiary/aromatic N) is 4. The quantitative estimate of drug-likeness (QED) is 0.243. The van der Waals surface area contributed by atoms with E-state index in [2.05, 4.69) is 10.1 Å². The van der Waals surface area contributed by atoms with E-state index < -0.39 is 45.9 Å². The zero-order valence-electron chi connectivity index (χ0n) is 25.8. The summed E-state index contributed by atoms with van der Waals surface area (Å²) < 4.78 is 65.4. The fraction of sp³-hybridized carbons (Fsp3) is 0.576. The number of aromatic nitrogens is 3. The maximum atomic E-state index is 15.6. The molecule has 8 nitrogen and oxygen atoms in total. The fourth-order valence-corrected chi connectivity index (χ4v) is 7.09. The minimum absolute atomic E-state index is 0.0772. The van der Waals surface area contributed by atoms with E-state index in [1.807, 2.05) is 0 Å². The molecule has 4 aliphatic rings. The van der Waals surface area contributed by atoms with Gasteiger partial charge in [-0.05, 0) is 95.6 Å². The number of aliphatic hydroxyl groups is 1. The maximum Gasteiger partial charge on any atom is 0.413 e. The van der Waals surface area contributed by atoms with Crippen LogP contribution in [0.3, 0.4) is 0 Å². The van der Waals surface area contributed by atoms with Gasteiger partial charge in [0.05, 0.1) is 17.2 Å². The first kappa shape index (κ1) is 31.4. The van der Waals surface area contributed by atoms with E-state index in [9.17, 15) is 28.2 Å². The van der Waals surface area contributed by atoms with Gasteiger partial charge in [-0.25, -0.2) is 14.2 Å². The van der Waals surface area contributed by atoms with Crippen molar-refractivity contribution in [3.8, 4) is 11.1 Å². The summed E-state index contributed by atoms with van der Waals surface area (Å²) in [5.74, 6) is 0.289. The zero-order valence-corrected chi connectivity index (χ0v) is 25.8. The molecule has 0 unspecified atom stereocenters. The number of halogens is 4. The third-order valence-corrected chi connectivity index (χ3v) is 10.4. The molecule has 1 amide bonds. The Balaban J connectivity index is 1.38. The van der Waals surface area contributed by atoms with E-state index >= 15 is 4.39 Å². The molecule has 242 valence electrons. The Morgan fingerprint density at radius 1 is 1.02 bits per heavy atom. The Morgan fingerprint density at radius 2 is 1.62 bits per heavy atom. The number of amides is 1. The van der Waals surface area contributed by atoms with Crippen LogP contribution < -0.4 is 4.90 Å². The molecule has 7 rings (SSSR count). The molecule has 4 saturated carbocycles. The molecule has 0 aliphatic heterocycles. The fourth-order valence-electron chi connectivity index (χ4n) is 7.09. The zero-order chi connectivity index (χ0) is 32.6. The first-order valence-electron chi connectivity index (χ1n) is 15.4. The van der Waals surface area contributed by atoms with Crippen molar-refractivity contribution in [1.29, 1.82) is 0 Å². The lowest BCUT2D eigenvalue weighted by atomic mass is 9.53. The number of benzene rings is 1. The van der Waals surface area contributed by atoms with Crippen LogP contribution in [0.15, 0.2) is 35.0 Å². The predicted molar refractivity (Wildman–Crippen MR) is 157 cm³/mol. The molecule has 45 heavy (non-hydrogen) atoms. The van der Waals surface area contributed by atoms with Crippen LogP contribution in [0.4, 0.5) is 28.2 Å². The van der Waals surface area contributed by atoms with Crippen LogP contribution in [-0.4, -0.2) is 44.2 Å². The summed E-state index contributed by atoms with van der Waals surface area (Å²) >= 11 is 0. The minimum Gasteiger partial charge on any atom is -0.465 e. The molecule has 0 atom stereocenters. The topological polar surface area (TPSA) is 113 Å². The van der Waals surface area contributed by atoms with E-state index in [4.69, 9.17) is 9.51 Å². The highest BCUT2D eigenvalue weighted by Crippen LogP contribution is 2.58. The first-order chi connectivity index (χ1) is 21.0. The number of anilines is 1. The van der Waals surface area contributed by atoms with Gasteiger partial charge in [-0.2, -0.15) is 18.2 Å². The third kappa shape index (κ3) is 5.48. The Kier molecular flexibility index (Phi) is 7.34. The molecule has 2 N–H and O–H groups in total. The van der Waals surface area contributed by atoms with Crippen molar-refractivity contribution in [2.75, 3.05) is 11.4 Å². The smallest absolute Gasteiger partial charge is 0.413 e. The van der Waals surface area contributed by atoms with Gasteiger partial charge in [0.25, 0.3) is 0 Å². The van der Waals surface area contributed by atoms with Gasteiger partial charge in [0, 0.05) is 29.0 Å². The number of pyridine rings is 1. The lowest BCUT2D eigenvalue weighted by molar-refractivity contribution is -0.180. The standard InChI is InChI=1S/C33H38F4N4O4/c1-29(2,33(35,36)37)24-23(19-7-9-21(10-8-19)30(3,4)44)22(34)17-38-26(24)41(28(42)43)18-31-11-14-32(15-12-31,16-13-31)27-39-25(40-45-27)20-5-6-20/h7-10,17,20,44H,5-6,11-16,18H2,1-4H3,(H,42,43). The molecule has 12 heteroatoms. The van der Waals surface area contributed by atoms with Gasteiger partial charge in [0.1, 0.15) is 11.6 Å². The van der Waals surface area contributed by atoms with Crippen molar-refractivity contribution >= 4 is 11.9 Å². The Hall–Kier alpha value is -3.54. The van der Waals surface area contributed by atoms with Gasteiger partial charge in [0.15, 0.2) is 5.82 Å². The number of rotatable bonds is 8. The van der Waals surface area contributed by atoms with E-state index in [1.165, 1.54) is 24.3 Å². The normalized spacial score (nSPS) is 23.8. The summed E-state index contributed by atoms with van der Waals surface area (Å²) in [6.07, 6.45) is 0.553. The highest BCUT2D eigenvalue weighted by atomic mass is 19.4. The largest absolute Gasteiger partial charge is 0.465 e. The average Bonchev–Trinajstić information content (AvgIpc) is 3.71. The molecule has 2 bridgehead atoms. The van der Waals surface area contributed by atoms with Crippen molar-refractivity contribution in [3.05, 3.63) is 59.1 Å². The Morgan fingerprint density at radius 3 is 2.13 bits per heavy atom. The Bertz CT molecular complexity index is 1580. The second kappa shape index (κ2) is 10.5. The number of hydrogen-bond acceptors (Lipinski definition) is 6. The molecule has 3 aromatic rings. The van der Waals surface area contributed by atoms with Crippen molar-refractivity contribution in [2.24, 2.45) is 5.41 Å². The van der Waals surface area contributed by atoms with Gasteiger partial charge >= 0.3 is 12.3 Å². The number of alkyl halides is 3. The summed E-state index contributed by atoms with van der Waals surface area (Å²) in [4.78, 5) is 22.5. The molecule has 0 saturated heterocycles. The van der Waals surface area contributed by atoms with E-state index in [1.54, 1.807) is 13.8 Å². The number of carboxylic acid groups (broad SMARTS) is 1. The summed E-state index contributed by atoms with van der Waals surface area (Å²) in [7, 11) is 0. The van der Waals surface area contributed by atoms with Gasteiger partial charge in [-0.1, -0.05) is 29.4 Å². The van der Waals surface area contributed by atoms with Crippen LogP contribution in [0, 0.1) is 11.2 Å². The first-order valence-corrected chi connectivity index (χ1v) is 15.4. The molecular weight excluding hydrogens is 592 g/mol. The Labute approximate surface area is 258 Å². The molecule has 4 aliphatic carbocycles. The summed E-state index contributed by atoms with van der Waals surface area (Å²) in [6.45, 7) is 4.87. The lowest BCUT2D eigenvalue weighted by Crippen LogP contribution is -2.51. The SMILES string of the molecule is CC(C)(O)c1ccc(-c2c(F)cnc(N(CC34CCC(c5nc(C6CC6)no5)(CC3)CC4)C(=O)O)c2C(C)(C)C(F)(F)F)cc1. The maximum absolute atomic E-state index is 15.6. The van der Waals surface area contributed by atoms with Crippen LogP contribution in [0.5, 0.6) is 0 Å². The molecular formula is C33H38F4N4O4. The van der Waals surface area contributed by atoms with Crippen molar-refractivity contribution < 1.29 is 37.1 Å². The second-order valence-corrected chi connectivity index (χ2v) is 14.3. The summed E-state index contributed by atoms with van der Waals surface area (Å²) in [5.41, 5.74) is -5.00. The molecule has 0 spiro atoms. The van der Waals surface area contributed by atoms with Gasteiger partial charge in [0.2, 0.25) is 5.89 Å². The van der Waals surface area contributed by atoms with Crippen LogP contribution >= 0.6 is 0 Å². The van der Waals surface area contributed by atoms with Crippen LogP contribution in [0.25, 0.3) is 11.1 Å². The molecule has 2 aromatic heterocycles. The van der Waals surface area contributed by atoms with Crippen molar-refractivity contribution in [1.82, 2.24) is 15.1 Å². The molecule has 4 fully saturated rings. The highest BCUT2D eigenvalue weighted by Gasteiger charge is 2.55. The van der Waals surface area contributed by atoms with E-state index in [0.29, 0.717) is 55.9 Å². The summed E-state index contributed by atoms with van der Waals surface area (Å²) in [6, 6.07) is 5.90. The van der Waals surface area contributed by atoms with Gasteiger partial charge in [-0.15, -0.1) is 0 Å². The van der Waals surface area contributed by atoms with Crippen molar-refractivity contribution in [2.45, 2.75) is 108 Å². The van der Waals surface area contributed by atoms with Crippen molar-refractivity contribution in [3.63, 3.8) is 0 Å². The van der Waals surface area contributed by atoms with Gasteiger partial charge < -0.3 is 14.7 Å². The number of hydrogen-bond donors (Lipinski definition) is 2. The van der Waals surface area contributed by atoms with Gasteiger partial charge in [-0.3, -0.25) is 4.90 Å². The average molecular weight is 631 g/mol. The molecule has 2 heterocycles. The van der Waals surface area contributed by atoms with E-state index in [0.717, 1.165) is 43.6 Å².